The lowest BCUT2D eigenvalue weighted by Gasteiger charge is -2.33. The van der Waals surface area contributed by atoms with Crippen molar-refractivity contribution in [2.45, 2.75) is 19.3 Å². The highest BCUT2D eigenvalue weighted by molar-refractivity contribution is 7.22. The molecule has 24 heavy (non-hydrogen) atoms. The summed E-state index contributed by atoms with van der Waals surface area (Å²) in [5.41, 5.74) is 0.982. The van der Waals surface area contributed by atoms with Crippen LogP contribution in [0.4, 0.5) is 5.13 Å². The molecule has 2 aliphatic rings. The van der Waals surface area contributed by atoms with E-state index in [1.807, 2.05) is 23.1 Å². The second-order valence-corrected chi connectivity index (χ2v) is 7.54. The van der Waals surface area contributed by atoms with Crippen LogP contribution in [0.5, 0.6) is 0 Å². The van der Waals surface area contributed by atoms with Crippen LogP contribution in [0, 0.1) is 5.92 Å². The van der Waals surface area contributed by atoms with Gasteiger partial charge in [-0.1, -0.05) is 29.9 Å². The zero-order chi connectivity index (χ0) is 16.4. The number of thiazole rings is 1. The van der Waals surface area contributed by atoms with Gasteiger partial charge in [0.15, 0.2) is 5.13 Å². The topological polar surface area (TPSA) is 45.7 Å². The molecule has 0 N–H and O–H groups in total. The van der Waals surface area contributed by atoms with Crippen LogP contribution in [0.2, 0.25) is 0 Å². The lowest BCUT2D eigenvalue weighted by atomic mass is 9.84. The smallest absolute Gasteiger partial charge is 0.231 e. The number of aromatic nitrogens is 1. The Bertz CT molecular complexity index is 674. The molecule has 1 aliphatic heterocycles. The van der Waals surface area contributed by atoms with Crippen LogP contribution in [0.15, 0.2) is 24.3 Å². The molecule has 1 aliphatic carbocycles. The van der Waals surface area contributed by atoms with Crippen LogP contribution in [-0.2, 0) is 9.53 Å². The molecule has 0 bridgehead atoms. The summed E-state index contributed by atoms with van der Waals surface area (Å²) in [6.07, 6.45) is 3.23. The quantitative estimate of drug-likeness (QED) is 0.836. The van der Waals surface area contributed by atoms with Gasteiger partial charge in [-0.3, -0.25) is 14.6 Å². The van der Waals surface area contributed by atoms with Crippen LogP contribution in [0.1, 0.15) is 19.3 Å². The number of carbonyl (C=O) groups is 1. The maximum Gasteiger partial charge on any atom is 0.231 e. The Kier molecular flexibility index (Phi) is 4.78. The van der Waals surface area contributed by atoms with Crippen LogP contribution < -0.4 is 4.90 Å². The number of rotatable bonds is 5. The number of amides is 1. The van der Waals surface area contributed by atoms with Gasteiger partial charge in [0.2, 0.25) is 5.91 Å². The van der Waals surface area contributed by atoms with Crippen LogP contribution >= 0.6 is 11.3 Å². The first-order valence-electron chi connectivity index (χ1n) is 8.78. The van der Waals surface area contributed by atoms with E-state index in [1.165, 1.54) is 6.42 Å². The summed E-state index contributed by atoms with van der Waals surface area (Å²) in [7, 11) is 0. The summed E-state index contributed by atoms with van der Waals surface area (Å²) in [5.74, 6) is 0.454. The van der Waals surface area contributed by atoms with Crippen molar-refractivity contribution in [3.05, 3.63) is 24.3 Å². The molecule has 1 aromatic heterocycles. The molecule has 2 heterocycles. The Hall–Kier alpha value is -1.50. The van der Waals surface area contributed by atoms with Crippen LogP contribution in [0.25, 0.3) is 10.2 Å². The standard InChI is InChI=1S/C18H23N3O2S/c22-17(14-4-3-5-14)21(9-8-20-10-12-23-13-11-20)18-19-15-6-1-2-7-16(15)24-18/h1-2,6-7,14H,3-5,8-13H2. The largest absolute Gasteiger partial charge is 0.379 e. The molecule has 2 fully saturated rings. The van der Waals surface area contributed by atoms with Crippen molar-refractivity contribution in [1.82, 2.24) is 9.88 Å². The van der Waals surface area contributed by atoms with E-state index in [9.17, 15) is 4.79 Å². The molecule has 5 nitrogen and oxygen atoms in total. The van der Waals surface area contributed by atoms with Gasteiger partial charge in [-0.2, -0.15) is 0 Å². The van der Waals surface area contributed by atoms with Crippen LogP contribution in [0.3, 0.4) is 0 Å². The molecule has 0 spiro atoms. The van der Waals surface area contributed by atoms with Crippen molar-refractivity contribution in [2.75, 3.05) is 44.3 Å². The van der Waals surface area contributed by atoms with Crippen molar-refractivity contribution in [1.29, 1.82) is 0 Å². The maximum atomic E-state index is 12.9. The maximum absolute atomic E-state index is 12.9. The van der Waals surface area contributed by atoms with Crippen molar-refractivity contribution < 1.29 is 9.53 Å². The summed E-state index contributed by atoms with van der Waals surface area (Å²) < 4.78 is 6.55. The number of benzene rings is 1. The molecule has 6 heteroatoms. The summed E-state index contributed by atoms with van der Waals surface area (Å²) >= 11 is 1.62. The molecule has 0 atom stereocenters. The van der Waals surface area contributed by atoms with Gasteiger partial charge in [-0.05, 0) is 25.0 Å². The number of morpholine rings is 1. The van der Waals surface area contributed by atoms with Crippen molar-refractivity contribution in [3.8, 4) is 0 Å². The molecule has 0 radical (unpaired) electrons. The average Bonchev–Trinajstić information content (AvgIpc) is 2.98. The van der Waals surface area contributed by atoms with E-state index < -0.39 is 0 Å². The molecule has 2 aromatic rings. The van der Waals surface area contributed by atoms with Gasteiger partial charge in [0.25, 0.3) is 0 Å². The molecule has 1 saturated carbocycles. The number of anilines is 1. The molecular formula is C18H23N3O2S. The van der Waals surface area contributed by atoms with Gasteiger partial charge in [-0.25, -0.2) is 4.98 Å². The van der Waals surface area contributed by atoms with E-state index in [2.05, 4.69) is 11.0 Å². The first-order valence-corrected chi connectivity index (χ1v) is 9.60. The predicted molar refractivity (Wildman–Crippen MR) is 96.6 cm³/mol. The van der Waals surface area contributed by atoms with Gasteiger partial charge < -0.3 is 4.74 Å². The summed E-state index contributed by atoms with van der Waals surface area (Å²) in [4.78, 5) is 22.0. The molecule has 4 rings (SSSR count). The van der Waals surface area contributed by atoms with Gasteiger partial charge >= 0.3 is 0 Å². The number of para-hydroxylation sites is 1. The molecule has 0 unspecified atom stereocenters. The number of hydrogen-bond donors (Lipinski definition) is 0. The Labute approximate surface area is 146 Å². The lowest BCUT2D eigenvalue weighted by molar-refractivity contribution is -0.124. The van der Waals surface area contributed by atoms with E-state index in [1.54, 1.807) is 11.3 Å². The third kappa shape index (κ3) is 3.31. The predicted octanol–water partition coefficient (Wildman–Crippen LogP) is 2.76. The number of ether oxygens (including phenoxy) is 1. The van der Waals surface area contributed by atoms with Gasteiger partial charge in [0, 0.05) is 32.1 Å². The number of fused-ring (bicyclic) bond motifs is 1. The minimum absolute atomic E-state index is 0.196. The number of nitrogens with zero attached hydrogens (tertiary/aromatic N) is 3. The molecule has 1 amide bonds. The van der Waals surface area contributed by atoms with Crippen molar-refractivity contribution >= 4 is 32.6 Å². The van der Waals surface area contributed by atoms with Crippen molar-refractivity contribution in [2.24, 2.45) is 5.92 Å². The van der Waals surface area contributed by atoms with E-state index in [4.69, 9.17) is 9.72 Å². The molecule has 128 valence electrons. The first kappa shape index (κ1) is 16.0. The second-order valence-electron chi connectivity index (χ2n) is 6.54. The fourth-order valence-electron chi connectivity index (χ4n) is 3.22. The SMILES string of the molecule is O=C(C1CCC1)N(CCN1CCOCC1)c1nc2ccccc2s1. The average molecular weight is 345 g/mol. The van der Waals surface area contributed by atoms with Gasteiger partial charge in [0.05, 0.1) is 23.4 Å². The third-order valence-electron chi connectivity index (χ3n) is 4.98. The van der Waals surface area contributed by atoms with E-state index in [0.717, 1.165) is 67.6 Å². The van der Waals surface area contributed by atoms with Crippen molar-refractivity contribution in [3.63, 3.8) is 0 Å². The zero-order valence-corrected chi connectivity index (χ0v) is 14.6. The van der Waals surface area contributed by atoms with E-state index in [-0.39, 0.29) is 11.8 Å². The van der Waals surface area contributed by atoms with E-state index >= 15 is 0 Å². The fourth-order valence-corrected chi connectivity index (χ4v) is 4.21. The minimum atomic E-state index is 0.196. The Morgan fingerprint density at radius 3 is 2.79 bits per heavy atom. The summed E-state index contributed by atoms with van der Waals surface area (Å²) in [6, 6.07) is 8.11. The Morgan fingerprint density at radius 2 is 2.08 bits per heavy atom. The summed E-state index contributed by atoms with van der Waals surface area (Å²) in [6.45, 7) is 5.08. The lowest BCUT2D eigenvalue weighted by Crippen LogP contribution is -2.45. The molecular weight excluding hydrogens is 322 g/mol. The number of hydrogen-bond acceptors (Lipinski definition) is 5. The zero-order valence-electron chi connectivity index (χ0n) is 13.8. The molecule has 1 saturated heterocycles. The van der Waals surface area contributed by atoms with Crippen LogP contribution in [-0.4, -0.2) is 55.2 Å². The highest BCUT2D eigenvalue weighted by Crippen LogP contribution is 2.33. The fraction of sp³-hybridized carbons (Fsp3) is 0.556. The molecule has 1 aromatic carbocycles. The summed E-state index contributed by atoms with van der Waals surface area (Å²) in [5, 5.41) is 0.848. The minimum Gasteiger partial charge on any atom is -0.379 e. The Morgan fingerprint density at radius 1 is 1.29 bits per heavy atom. The normalized spacial score (nSPS) is 19.3. The Balaban J connectivity index is 1.53. The highest BCUT2D eigenvalue weighted by atomic mass is 32.1. The monoisotopic (exact) mass is 345 g/mol. The third-order valence-corrected chi connectivity index (χ3v) is 6.04. The second kappa shape index (κ2) is 7.17. The van der Waals surface area contributed by atoms with Gasteiger partial charge in [0.1, 0.15) is 0 Å². The van der Waals surface area contributed by atoms with Gasteiger partial charge in [-0.15, -0.1) is 0 Å². The van der Waals surface area contributed by atoms with E-state index in [0.29, 0.717) is 0 Å². The number of carbonyl (C=O) groups excluding carboxylic acids is 1. The highest BCUT2D eigenvalue weighted by Gasteiger charge is 2.31. The first-order chi connectivity index (χ1) is 11.8.